The van der Waals surface area contributed by atoms with Gasteiger partial charge in [-0.1, -0.05) is 53.5 Å². The van der Waals surface area contributed by atoms with E-state index in [0.29, 0.717) is 28.3 Å². The van der Waals surface area contributed by atoms with Gasteiger partial charge in [-0.05, 0) is 49.9 Å². The third-order valence-electron chi connectivity index (χ3n) is 4.51. The molecule has 0 spiro atoms. The molecule has 0 aliphatic carbocycles. The third-order valence-corrected chi connectivity index (χ3v) is 5.00. The molecule has 25 heavy (non-hydrogen) atoms. The second-order valence-electron chi connectivity index (χ2n) is 6.44. The predicted octanol–water partition coefficient (Wildman–Crippen LogP) is 4.28. The molecule has 1 aromatic carbocycles. The minimum absolute atomic E-state index is 0.0989. The van der Waals surface area contributed by atoms with Crippen LogP contribution in [0.3, 0.4) is 0 Å². The van der Waals surface area contributed by atoms with E-state index in [9.17, 15) is 4.79 Å². The van der Waals surface area contributed by atoms with E-state index in [1.54, 1.807) is 6.07 Å². The van der Waals surface area contributed by atoms with E-state index in [4.69, 9.17) is 23.2 Å². The van der Waals surface area contributed by atoms with Crippen molar-refractivity contribution in [2.45, 2.75) is 19.3 Å². The summed E-state index contributed by atoms with van der Waals surface area (Å²) in [5, 5.41) is 3.55. The maximum Gasteiger partial charge on any atom is 0.239 e. The second kappa shape index (κ2) is 8.65. The summed E-state index contributed by atoms with van der Waals surface area (Å²) >= 11 is 11.9. The smallest absolute Gasteiger partial charge is 0.239 e. The lowest BCUT2D eigenvalue weighted by Crippen LogP contribution is -2.39. The van der Waals surface area contributed by atoms with Crippen molar-refractivity contribution in [2.24, 2.45) is 5.92 Å². The average molecular weight is 378 g/mol. The molecule has 1 amide bonds. The first-order valence-electron chi connectivity index (χ1n) is 8.47. The van der Waals surface area contributed by atoms with Crippen LogP contribution in [0.4, 0.5) is 5.82 Å². The van der Waals surface area contributed by atoms with Crippen LogP contribution in [0.25, 0.3) is 0 Å². The number of hydrogen-bond donors (Lipinski definition) is 1. The zero-order valence-electron chi connectivity index (χ0n) is 13.9. The van der Waals surface area contributed by atoms with Crippen LogP contribution in [0.15, 0.2) is 42.6 Å². The Hall–Kier alpha value is -1.62. The summed E-state index contributed by atoms with van der Waals surface area (Å²) in [6, 6.07) is 12.2. The first-order chi connectivity index (χ1) is 12.1. The summed E-state index contributed by atoms with van der Waals surface area (Å²) in [5.74, 6) is 0.947. The normalized spacial score (nSPS) is 15.9. The molecule has 1 N–H and O–H groups in total. The number of nitrogens with zero attached hydrogens (tertiary/aromatic N) is 2. The monoisotopic (exact) mass is 377 g/mol. The number of benzene rings is 1. The van der Waals surface area contributed by atoms with E-state index in [2.05, 4.69) is 39.5 Å². The molecule has 4 nitrogen and oxygen atoms in total. The van der Waals surface area contributed by atoms with E-state index in [1.807, 2.05) is 6.07 Å². The van der Waals surface area contributed by atoms with Crippen molar-refractivity contribution >= 4 is 34.9 Å². The van der Waals surface area contributed by atoms with Gasteiger partial charge in [0.25, 0.3) is 0 Å². The van der Waals surface area contributed by atoms with Crippen molar-refractivity contribution < 1.29 is 4.79 Å². The molecule has 2 heterocycles. The largest absolute Gasteiger partial charge is 0.308 e. The molecule has 0 radical (unpaired) electrons. The molecule has 0 unspecified atom stereocenters. The molecule has 1 aliphatic rings. The highest BCUT2D eigenvalue weighted by molar-refractivity contribution is 6.36. The SMILES string of the molecule is O=C(CN1CCC(Cc2ccccc2)CC1)Nc1ncc(Cl)cc1Cl. The topological polar surface area (TPSA) is 45.2 Å². The fourth-order valence-electron chi connectivity index (χ4n) is 3.18. The Balaban J connectivity index is 1.44. The van der Waals surface area contributed by atoms with Gasteiger partial charge in [-0.15, -0.1) is 0 Å². The molecular weight excluding hydrogens is 357 g/mol. The van der Waals surface area contributed by atoms with Crippen molar-refractivity contribution in [3.8, 4) is 0 Å². The van der Waals surface area contributed by atoms with Gasteiger partial charge in [-0.3, -0.25) is 9.69 Å². The molecule has 1 aliphatic heterocycles. The maximum absolute atomic E-state index is 12.2. The van der Waals surface area contributed by atoms with E-state index >= 15 is 0 Å². The highest BCUT2D eigenvalue weighted by Gasteiger charge is 2.21. The molecule has 0 bridgehead atoms. The summed E-state index contributed by atoms with van der Waals surface area (Å²) < 4.78 is 0. The quantitative estimate of drug-likeness (QED) is 0.845. The van der Waals surface area contributed by atoms with Crippen LogP contribution in [0.5, 0.6) is 0 Å². The fourth-order valence-corrected chi connectivity index (χ4v) is 3.60. The number of carbonyl (C=O) groups excluding carboxylic acids is 1. The summed E-state index contributed by atoms with van der Waals surface area (Å²) in [5.41, 5.74) is 1.39. The zero-order valence-corrected chi connectivity index (χ0v) is 15.4. The number of pyridine rings is 1. The third kappa shape index (κ3) is 5.43. The van der Waals surface area contributed by atoms with Crippen molar-refractivity contribution in [1.82, 2.24) is 9.88 Å². The number of rotatable bonds is 5. The average Bonchev–Trinajstić information content (AvgIpc) is 2.60. The summed E-state index contributed by atoms with van der Waals surface area (Å²) in [7, 11) is 0. The summed E-state index contributed by atoms with van der Waals surface area (Å²) in [6.07, 6.45) is 4.81. The van der Waals surface area contributed by atoms with Crippen LogP contribution < -0.4 is 5.32 Å². The maximum atomic E-state index is 12.2. The predicted molar refractivity (Wildman–Crippen MR) is 102 cm³/mol. The van der Waals surface area contributed by atoms with Gasteiger partial charge in [0.2, 0.25) is 5.91 Å². The van der Waals surface area contributed by atoms with E-state index in [-0.39, 0.29) is 5.91 Å². The van der Waals surface area contributed by atoms with Crippen molar-refractivity contribution in [3.63, 3.8) is 0 Å². The molecular formula is C19H21Cl2N3O. The van der Waals surface area contributed by atoms with Crippen LogP contribution in [0.2, 0.25) is 10.0 Å². The van der Waals surface area contributed by atoms with Crippen LogP contribution in [-0.2, 0) is 11.2 Å². The van der Waals surface area contributed by atoms with Gasteiger partial charge >= 0.3 is 0 Å². The van der Waals surface area contributed by atoms with Crippen LogP contribution >= 0.6 is 23.2 Å². The number of piperidine rings is 1. The van der Waals surface area contributed by atoms with Crippen molar-refractivity contribution in [1.29, 1.82) is 0 Å². The van der Waals surface area contributed by atoms with E-state index < -0.39 is 0 Å². The van der Waals surface area contributed by atoms with Gasteiger partial charge in [0.15, 0.2) is 5.82 Å². The Bertz CT molecular complexity index is 716. The first-order valence-corrected chi connectivity index (χ1v) is 9.23. The number of halogens is 2. The van der Waals surface area contributed by atoms with Gasteiger partial charge in [-0.2, -0.15) is 0 Å². The molecule has 132 valence electrons. The molecule has 1 saturated heterocycles. The Labute approximate surface area is 158 Å². The lowest BCUT2D eigenvalue weighted by atomic mass is 9.90. The number of nitrogens with one attached hydrogen (secondary N) is 1. The zero-order chi connectivity index (χ0) is 17.6. The molecule has 0 saturated carbocycles. The van der Waals surface area contributed by atoms with Crippen LogP contribution in [0, 0.1) is 5.92 Å². The number of likely N-dealkylation sites (tertiary alicyclic amines) is 1. The minimum atomic E-state index is -0.0989. The van der Waals surface area contributed by atoms with Gasteiger partial charge in [-0.25, -0.2) is 4.98 Å². The van der Waals surface area contributed by atoms with Crippen LogP contribution in [0.1, 0.15) is 18.4 Å². The van der Waals surface area contributed by atoms with Crippen LogP contribution in [-0.4, -0.2) is 35.4 Å². The lowest BCUT2D eigenvalue weighted by Gasteiger charge is -2.31. The van der Waals surface area contributed by atoms with Gasteiger partial charge < -0.3 is 5.32 Å². The molecule has 6 heteroatoms. The Morgan fingerprint density at radius 3 is 2.60 bits per heavy atom. The Morgan fingerprint density at radius 2 is 1.92 bits per heavy atom. The van der Waals surface area contributed by atoms with Gasteiger partial charge in [0.1, 0.15) is 0 Å². The lowest BCUT2D eigenvalue weighted by molar-refractivity contribution is -0.117. The Kier molecular flexibility index (Phi) is 6.29. The first kappa shape index (κ1) is 18.2. The molecule has 0 atom stereocenters. The van der Waals surface area contributed by atoms with E-state index in [1.165, 1.54) is 11.8 Å². The minimum Gasteiger partial charge on any atom is -0.308 e. The van der Waals surface area contributed by atoms with E-state index in [0.717, 1.165) is 32.4 Å². The number of anilines is 1. The number of amides is 1. The standard InChI is InChI=1S/C19H21Cl2N3O/c20-16-11-17(21)19(22-12-16)23-18(25)13-24-8-6-15(7-9-24)10-14-4-2-1-3-5-14/h1-5,11-12,15H,6-10,13H2,(H,22,23,25). The number of hydrogen-bond acceptors (Lipinski definition) is 3. The van der Waals surface area contributed by atoms with Crippen molar-refractivity contribution in [3.05, 3.63) is 58.2 Å². The highest BCUT2D eigenvalue weighted by Crippen LogP contribution is 2.23. The molecule has 1 fully saturated rings. The number of carbonyl (C=O) groups is 1. The molecule has 2 aromatic rings. The summed E-state index contributed by atoms with van der Waals surface area (Å²) in [6.45, 7) is 2.23. The van der Waals surface area contributed by atoms with Gasteiger partial charge in [0.05, 0.1) is 16.6 Å². The summed E-state index contributed by atoms with van der Waals surface area (Å²) in [4.78, 5) is 18.4. The number of aromatic nitrogens is 1. The Morgan fingerprint density at radius 1 is 1.20 bits per heavy atom. The fraction of sp³-hybridized carbons (Fsp3) is 0.368. The van der Waals surface area contributed by atoms with Crippen molar-refractivity contribution in [2.75, 3.05) is 25.0 Å². The van der Waals surface area contributed by atoms with Gasteiger partial charge in [0, 0.05) is 6.20 Å². The second-order valence-corrected chi connectivity index (χ2v) is 7.29. The molecule has 1 aromatic heterocycles. The molecule has 3 rings (SSSR count). The highest BCUT2D eigenvalue weighted by atomic mass is 35.5.